The van der Waals surface area contributed by atoms with E-state index in [9.17, 15) is 24.0 Å². The van der Waals surface area contributed by atoms with Gasteiger partial charge in [-0.05, 0) is 37.3 Å². The molecular weight excluding hydrogens is 408 g/mol. The summed E-state index contributed by atoms with van der Waals surface area (Å²) in [6.45, 7) is 1.90. The summed E-state index contributed by atoms with van der Waals surface area (Å²) >= 11 is 0. The van der Waals surface area contributed by atoms with Gasteiger partial charge >= 0.3 is 23.9 Å². The number of ether oxygens (including phenoxy) is 3. The van der Waals surface area contributed by atoms with Gasteiger partial charge in [-0.2, -0.15) is 0 Å². The molecule has 0 aliphatic carbocycles. The Morgan fingerprint density at radius 3 is 1.68 bits per heavy atom. The lowest BCUT2D eigenvalue weighted by atomic mass is 10.1. The Labute approximate surface area is 178 Å². The van der Waals surface area contributed by atoms with Crippen molar-refractivity contribution in [3.63, 3.8) is 0 Å². The average Bonchev–Trinajstić information content (AvgIpc) is 2.78. The quantitative estimate of drug-likeness (QED) is 0.304. The molecule has 0 radical (unpaired) electrons. The number of carbonyl (C=O) groups excluding carboxylic acids is 4. The molecule has 0 amide bonds. The second-order valence-electron chi connectivity index (χ2n) is 5.85. The molecule has 0 aliphatic rings. The van der Waals surface area contributed by atoms with Gasteiger partial charge in [-0.3, -0.25) is 9.59 Å². The molecule has 0 spiro atoms. The Hall–Kier alpha value is -4.01. The fourth-order valence-electron chi connectivity index (χ4n) is 2.28. The molecule has 0 heterocycles. The van der Waals surface area contributed by atoms with Crippen molar-refractivity contribution < 1.29 is 43.3 Å². The lowest BCUT2D eigenvalue weighted by molar-refractivity contribution is -0.141. The predicted octanol–water partition coefficient (Wildman–Crippen LogP) is 2.78. The highest BCUT2D eigenvalue weighted by Gasteiger charge is 2.14. The molecule has 2 aromatic carbocycles. The van der Waals surface area contributed by atoms with Gasteiger partial charge in [0.1, 0.15) is 6.42 Å². The van der Waals surface area contributed by atoms with Crippen LogP contribution in [0, 0.1) is 0 Å². The van der Waals surface area contributed by atoms with Crippen molar-refractivity contribution >= 4 is 29.7 Å². The number of carboxylic acids is 1. The maximum atomic E-state index is 11.7. The average molecular weight is 430 g/mol. The summed E-state index contributed by atoms with van der Waals surface area (Å²) in [5.41, 5.74) is 0.864. The first kappa shape index (κ1) is 25.0. The van der Waals surface area contributed by atoms with Crippen molar-refractivity contribution in [1.29, 1.82) is 0 Å². The number of carboxylic acid groups (broad SMARTS) is 1. The predicted molar refractivity (Wildman–Crippen MR) is 108 cm³/mol. The Morgan fingerprint density at radius 1 is 0.774 bits per heavy atom. The van der Waals surface area contributed by atoms with E-state index in [0.29, 0.717) is 0 Å². The van der Waals surface area contributed by atoms with Gasteiger partial charge in [0.2, 0.25) is 0 Å². The molecule has 0 unspecified atom stereocenters. The Balaban J connectivity index is 0.000000327. The van der Waals surface area contributed by atoms with Gasteiger partial charge in [0, 0.05) is 5.56 Å². The number of benzene rings is 2. The summed E-state index contributed by atoms with van der Waals surface area (Å²) in [5.74, 6) is -3.10. The lowest BCUT2D eigenvalue weighted by Crippen LogP contribution is -2.12. The number of hydrogen-bond donors (Lipinski definition) is 1. The minimum Gasteiger partial charge on any atom is -0.478 e. The standard InChI is InChI=1S/C13H14O5.C9H8O4/c1-3-18-12(15)8-11(14)9-5-4-6-10(7-9)13(16)17-2;1-13-9(12)7-4-2-3-6(5-7)8(10)11/h4-7H,3,8H2,1-2H3;2-5H,1H3,(H,10,11). The van der Waals surface area contributed by atoms with E-state index in [1.54, 1.807) is 13.0 Å². The molecule has 2 aromatic rings. The van der Waals surface area contributed by atoms with Crippen LogP contribution in [0.5, 0.6) is 0 Å². The molecule has 0 atom stereocenters. The third-order valence-corrected chi connectivity index (χ3v) is 3.75. The van der Waals surface area contributed by atoms with Crippen LogP contribution in [-0.4, -0.2) is 55.6 Å². The third-order valence-electron chi connectivity index (χ3n) is 3.75. The number of ketones is 1. The summed E-state index contributed by atoms with van der Waals surface area (Å²) < 4.78 is 13.7. The van der Waals surface area contributed by atoms with Crippen LogP contribution < -0.4 is 0 Å². The van der Waals surface area contributed by atoms with Gasteiger partial charge in [0.05, 0.1) is 37.5 Å². The number of Topliss-reactive ketones (excluding diaryl/α,β-unsaturated/α-hetero) is 1. The molecule has 0 aliphatic heterocycles. The number of carbonyl (C=O) groups is 5. The second kappa shape index (κ2) is 12.5. The van der Waals surface area contributed by atoms with Crippen LogP contribution in [0.2, 0.25) is 0 Å². The van der Waals surface area contributed by atoms with Crippen molar-refractivity contribution in [3.8, 4) is 0 Å². The van der Waals surface area contributed by atoms with Gasteiger partial charge in [-0.15, -0.1) is 0 Å². The van der Waals surface area contributed by atoms with Crippen LogP contribution in [0.3, 0.4) is 0 Å². The first-order valence-corrected chi connectivity index (χ1v) is 9.02. The van der Waals surface area contributed by atoms with Gasteiger partial charge in [0.25, 0.3) is 0 Å². The lowest BCUT2D eigenvalue weighted by Gasteiger charge is -2.03. The van der Waals surface area contributed by atoms with Crippen molar-refractivity contribution in [3.05, 3.63) is 70.8 Å². The maximum Gasteiger partial charge on any atom is 0.337 e. The normalized spacial score (nSPS) is 9.52. The Morgan fingerprint density at radius 2 is 1.23 bits per heavy atom. The fourth-order valence-corrected chi connectivity index (χ4v) is 2.28. The minimum atomic E-state index is -1.06. The van der Waals surface area contributed by atoms with Crippen LogP contribution in [0.15, 0.2) is 48.5 Å². The number of rotatable bonds is 7. The zero-order valence-electron chi connectivity index (χ0n) is 17.2. The molecule has 31 heavy (non-hydrogen) atoms. The summed E-state index contributed by atoms with van der Waals surface area (Å²) in [5, 5.41) is 8.61. The van der Waals surface area contributed by atoms with Gasteiger partial charge in [-0.1, -0.05) is 18.2 Å². The van der Waals surface area contributed by atoms with Crippen molar-refractivity contribution in [2.24, 2.45) is 0 Å². The topological polar surface area (TPSA) is 133 Å². The zero-order chi connectivity index (χ0) is 23.4. The minimum absolute atomic E-state index is 0.0721. The number of methoxy groups -OCH3 is 2. The van der Waals surface area contributed by atoms with E-state index in [2.05, 4.69) is 14.2 Å². The Kier molecular flexibility index (Phi) is 10.1. The monoisotopic (exact) mass is 430 g/mol. The first-order chi connectivity index (χ1) is 14.7. The highest BCUT2D eigenvalue weighted by Crippen LogP contribution is 2.10. The van der Waals surface area contributed by atoms with Crippen molar-refractivity contribution in [2.75, 3.05) is 20.8 Å². The molecule has 0 bridgehead atoms. The van der Waals surface area contributed by atoms with Crippen LogP contribution >= 0.6 is 0 Å². The van der Waals surface area contributed by atoms with E-state index in [0.717, 1.165) is 0 Å². The zero-order valence-corrected chi connectivity index (χ0v) is 17.2. The van der Waals surface area contributed by atoms with E-state index >= 15 is 0 Å². The number of esters is 3. The van der Waals surface area contributed by atoms with E-state index in [1.807, 2.05) is 0 Å². The van der Waals surface area contributed by atoms with Gasteiger partial charge in [0.15, 0.2) is 5.78 Å². The molecule has 1 N–H and O–H groups in total. The highest BCUT2D eigenvalue weighted by molar-refractivity contribution is 6.07. The van der Waals surface area contributed by atoms with Crippen LogP contribution in [0.4, 0.5) is 0 Å². The molecule has 0 saturated carbocycles. The molecular formula is C22H22O9. The van der Waals surface area contributed by atoms with Gasteiger partial charge in [-0.25, -0.2) is 14.4 Å². The molecule has 0 fully saturated rings. The van der Waals surface area contributed by atoms with Crippen LogP contribution in [-0.2, 0) is 19.0 Å². The van der Waals surface area contributed by atoms with Crippen LogP contribution in [0.1, 0.15) is 54.8 Å². The highest BCUT2D eigenvalue weighted by atomic mass is 16.5. The van der Waals surface area contributed by atoms with Crippen molar-refractivity contribution in [1.82, 2.24) is 0 Å². The number of hydrogen-bond acceptors (Lipinski definition) is 8. The molecule has 9 heteroatoms. The smallest absolute Gasteiger partial charge is 0.337 e. The van der Waals surface area contributed by atoms with E-state index in [4.69, 9.17) is 5.11 Å². The molecule has 0 aromatic heterocycles. The largest absolute Gasteiger partial charge is 0.478 e. The summed E-state index contributed by atoms with van der Waals surface area (Å²) in [4.78, 5) is 55.7. The molecule has 164 valence electrons. The Bertz CT molecular complexity index is 963. The SMILES string of the molecule is CCOC(=O)CC(=O)c1cccc(C(=O)OC)c1.COC(=O)c1cccc(C(=O)O)c1. The molecule has 2 rings (SSSR count). The first-order valence-electron chi connectivity index (χ1n) is 9.02. The second-order valence-corrected chi connectivity index (χ2v) is 5.85. The van der Waals surface area contributed by atoms with Crippen molar-refractivity contribution in [2.45, 2.75) is 13.3 Å². The summed E-state index contributed by atoms with van der Waals surface area (Å²) in [6, 6.07) is 11.7. The van der Waals surface area contributed by atoms with E-state index < -0.39 is 23.9 Å². The maximum absolute atomic E-state index is 11.7. The number of aromatic carboxylic acids is 1. The third kappa shape index (κ3) is 8.09. The fraction of sp³-hybridized carbons (Fsp3) is 0.227. The van der Waals surface area contributed by atoms with Gasteiger partial charge < -0.3 is 19.3 Å². The summed E-state index contributed by atoms with van der Waals surface area (Å²) in [6.07, 6.45) is -0.335. The molecule has 9 nitrogen and oxygen atoms in total. The van der Waals surface area contributed by atoms with E-state index in [-0.39, 0.29) is 41.1 Å². The molecule has 0 saturated heterocycles. The van der Waals surface area contributed by atoms with E-state index in [1.165, 1.54) is 56.7 Å². The van der Waals surface area contributed by atoms with Crippen LogP contribution in [0.25, 0.3) is 0 Å². The summed E-state index contributed by atoms with van der Waals surface area (Å²) in [7, 11) is 2.51.